The zero-order chi connectivity index (χ0) is 18.6. The summed E-state index contributed by atoms with van der Waals surface area (Å²) in [5.41, 5.74) is -0.989. The minimum absolute atomic E-state index is 0.118. The fraction of sp³-hybridized carbons (Fsp3) is 0. The van der Waals surface area contributed by atoms with Crippen LogP contribution in [0.2, 0.25) is 5.02 Å². The number of non-ortho nitro benzene ring substituents is 2. The van der Waals surface area contributed by atoms with Crippen molar-refractivity contribution in [2.45, 2.75) is 0 Å². The van der Waals surface area contributed by atoms with Crippen molar-refractivity contribution in [3.05, 3.63) is 73.3 Å². The fourth-order valence-corrected chi connectivity index (χ4v) is 2.21. The molecule has 0 saturated heterocycles. The predicted octanol–water partition coefficient (Wildman–Crippen LogP) is 3.28. The molecule has 2 N–H and O–H groups in total. The lowest BCUT2D eigenvalue weighted by Gasteiger charge is -2.10. The van der Waals surface area contributed by atoms with E-state index in [9.17, 15) is 25.0 Å². The van der Waals surface area contributed by atoms with E-state index in [1.165, 1.54) is 0 Å². The molecule has 2 aromatic rings. The molecule has 0 aliphatic carbocycles. The van der Waals surface area contributed by atoms with Gasteiger partial charge in [-0.05, 0) is 24.4 Å². The van der Waals surface area contributed by atoms with E-state index in [0.717, 1.165) is 18.2 Å². The Bertz CT molecular complexity index is 857. The molecule has 0 radical (unpaired) electrons. The molecular weight excluding hydrogens is 372 g/mol. The van der Waals surface area contributed by atoms with Crippen LogP contribution in [0.5, 0.6) is 0 Å². The van der Waals surface area contributed by atoms with Gasteiger partial charge in [-0.1, -0.05) is 23.7 Å². The van der Waals surface area contributed by atoms with E-state index in [1.54, 1.807) is 24.3 Å². The monoisotopic (exact) mass is 380 g/mol. The topological polar surface area (TPSA) is 127 Å². The number of rotatable bonds is 4. The maximum Gasteiger partial charge on any atom is 0.277 e. The number of para-hydroxylation sites is 1. The molecule has 0 saturated carbocycles. The van der Waals surface area contributed by atoms with Crippen molar-refractivity contribution in [2.24, 2.45) is 0 Å². The molecule has 0 heterocycles. The molecular formula is C14H9ClN4O5S. The minimum Gasteiger partial charge on any atom is -0.331 e. The van der Waals surface area contributed by atoms with Gasteiger partial charge in [0.15, 0.2) is 5.11 Å². The van der Waals surface area contributed by atoms with Gasteiger partial charge < -0.3 is 5.32 Å². The molecule has 0 atom stereocenters. The highest BCUT2D eigenvalue weighted by molar-refractivity contribution is 7.80. The number of nitrogens with zero attached hydrogens (tertiary/aromatic N) is 2. The van der Waals surface area contributed by atoms with Gasteiger partial charge in [-0.25, -0.2) is 0 Å². The van der Waals surface area contributed by atoms with E-state index in [1.807, 2.05) is 0 Å². The summed E-state index contributed by atoms with van der Waals surface area (Å²) < 4.78 is 0. The normalized spacial score (nSPS) is 9.96. The summed E-state index contributed by atoms with van der Waals surface area (Å²) in [7, 11) is 0. The summed E-state index contributed by atoms with van der Waals surface area (Å²) in [6.45, 7) is 0. The molecule has 9 nitrogen and oxygen atoms in total. The van der Waals surface area contributed by atoms with Crippen LogP contribution in [-0.2, 0) is 0 Å². The van der Waals surface area contributed by atoms with E-state index < -0.39 is 27.1 Å². The molecule has 0 bridgehead atoms. The number of carbonyl (C=O) groups excluding carboxylic acids is 1. The summed E-state index contributed by atoms with van der Waals surface area (Å²) in [6.07, 6.45) is 0. The van der Waals surface area contributed by atoms with Crippen LogP contribution in [0.4, 0.5) is 17.1 Å². The Morgan fingerprint density at radius 3 is 2.12 bits per heavy atom. The van der Waals surface area contributed by atoms with Crippen molar-refractivity contribution in [2.75, 3.05) is 5.32 Å². The van der Waals surface area contributed by atoms with Crippen molar-refractivity contribution in [3.8, 4) is 0 Å². The van der Waals surface area contributed by atoms with Crippen LogP contribution >= 0.6 is 23.8 Å². The maximum atomic E-state index is 12.2. The zero-order valence-electron chi connectivity index (χ0n) is 12.3. The van der Waals surface area contributed by atoms with Crippen LogP contribution in [0.3, 0.4) is 0 Å². The number of amides is 1. The standard InChI is InChI=1S/C14H9ClN4O5S/c15-11-3-1-2-4-12(11)16-14(25)17-13(20)8-5-9(18(21)22)7-10(6-8)19(23)24/h1-7H,(H2,16,17,20,25). The maximum absolute atomic E-state index is 12.2. The Labute approximate surface area is 150 Å². The number of halogens is 1. The first kappa shape index (κ1) is 18.2. The number of benzene rings is 2. The number of hydrogen-bond acceptors (Lipinski definition) is 6. The van der Waals surface area contributed by atoms with Crippen LogP contribution in [0.1, 0.15) is 10.4 Å². The number of hydrogen-bond donors (Lipinski definition) is 2. The largest absolute Gasteiger partial charge is 0.331 e. The van der Waals surface area contributed by atoms with Crippen molar-refractivity contribution >= 4 is 51.9 Å². The smallest absolute Gasteiger partial charge is 0.277 e. The lowest BCUT2D eigenvalue weighted by atomic mass is 10.1. The highest BCUT2D eigenvalue weighted by Gasteiger charge is 2.20. The molecule has 11 heteroatoms. The average molecular weight is 381 g/mol. The number of thiocarbonyl (C=S) groups is 1. The van der Waals surface area contributed by atoms with Gasteiger partial charge in [-0.15, -0.1) is 0 Å². The molecule has 1 amide bonds. The van der Waals surface area contributed by atoms with Crippen LogP contribution in [0, 0.1) is 20.2 Å². The summed E-state index contributed by atoms with van der Waals surface area (Å²) in [5.74, 6) is -0.837. The van der Waals surface area contributed by atoms with Gasteiger partial charge in [0.1, 0.15) is 0 Å². The van der Waals surface area contributed by atoms with Gasteiger partial charge in [-0.3, -0.25) is 30.3 Å². The molecule has 2 aromatic carbocycles. The molecule has 0 unspecified atom stereocenters. The third-order valence-corrected chi connectivity index (χ3v) is 3.47. The van der Waals surface area contributed by atoms with Crippen LogP contribution in [-0.4, -0.2) is 20.9 Å². The second-order valence-electron chi connectivity index (χ2n) is 4.64. The first-order chi connectivity index (χ1) is 11.8. The van der Waals surface area contributed by atoms with Crippen molar-refractivity contribution in [1.82, 2.24) is 5.32 Å². The molecule has 128 valence electrons. The van der Waals surface area contributed by atoms with E-state index >= 15 is 0 Å². The average Bonchev–Trinajstić information content (AvgIpc) is 2.56. The molecule has 0 spiro atoms. The lowest BCUT2D eigenvalue weighted by molar-refractivity contribution is -0.394. The Hall–Kier alpha value is -3.11. The molecule has 0 fully saturated rings. The van der Waals surface area contributed by atoms with Crippen molar-refractivity contribution in [3.63, 3.8) is 0 Å². The summed E-state index contributed by atoms with van der Waals surface area (Å²) >= 11 is 10.9. The quantitative estimate of drug-likeness (QED) is 0.473. The molecule has 0 aromatic heterocycles. The first-order valence-electron chi connectivity index (χ1n) is 6.58. The number of nitro benzene ring substituents is 2. The number of carbonyl (C=O) groups is 1. The third kappa shape index (κ3) is 4.68. The van der Waals surface area contributed by atoms with Gasteiger partial charge >= 0.3 is 0 Å². The number of nitro groups is 2. The first-order valence-corrected chi connectivity index (χ1v) is 7.37. The molecule has 2 rings (SSSR count). The van der Waals surface area contributed by atoms with E-state index in [-0.39, 0.29) is 10.7 Å². The van der Waals surface area contributed by atoms with E-state index in [4.69, 9.17) is 23.8 Å². The van der Waals surface area contributed by atoms with Gasteiger partial charge in [0.05, 0.1) is 32.2 Å². The zero-order valence-corrected chi connectivity index (χ0v) is 13.8. The summed E-state index contributed by atoms with van der Waals surface area (Å²) in [6, 6.07) is 9.23. The fourth-order valence-electron chi connectivity index (χ4n) is 1.83. The third-order valence-electron chi connectivity index (χ3n) is 2.94. The van der Waals surface area contributed by atoms with Crippen molar-refractivity contribution in [1.29, 1.82) is 0 Å². The Balaban J connectivity index is 2.20. The van der Waals surface area contributed by atoms with Gasteiger partial charge in [0, 0.05) is 12.1 Å². The van der Waals surface area contributed by atoms with Gasteiger partial charge in [0.25, 0.3) is 17.3 Å². The summed E-state index contributed by atoms with van der Waals surface area (Å²) in [4.78, 5) is 32.2. The minimum atomic E-state index is -0.837. The van der Waals surface area contributed by atoms with Gasteiger partial charge in [-0.2, -0.15) is 0 Å². The van der Waals surface area contributed by atoms with Crippen LogP contribution in [0.25, 0.3) is 0 Å². The van der Waals surface area contributed by atoms with Crippen LogP contribution < -0.4 is 10.6 Å². The van der Waals surface area contributed by atoms with Crippen molar-refractivity contribution < 1.29 is 14.6 Å². The lowest BCUT2D eigenvalue weighted by Crippen LogP contribution is -2.34. The molecule has 0 aliphatic rings. The SMILES string of the molecule is O=C(NC(=S)Nc1ccccc1Cl)c1cc([N+](=O)[O-])cc([N+](=O)[O-])c1. The molecule has 25 heavy (non-hydrogen) atoms. The second kappa shape index (κ2) is 7.64. The highest BCUT2D eigenvalue weighted by atomic mass is 35.5. The molecule has 0 aliphatic heterocycles. The van der Waals surface area contributed by atoms with E-state index in [2.05, 4.69) is 10.6 Å². The van der Waals surface area contributed by atoms with Crippen LogP contribution in [0.15, 0.2) is 42.5 Å². The van der Waals surface area contributed by atoms with E-state index in [0.29, 0.717) is 10.7 Å². The summed E-state index contributed by atoms with van der Waals surface area (Å²) in [5, 5.41) is 26.9. The second-order valence-corrected chi connectivity index (χ2v) is 5.46. The van der Waals surface area contributed by atoms with Gasteiger partial charge in [0.2, 0.25) is 0 Å². The number of anilines is 1. The predicted molar refractivity (Wildman–Crippen MR) is 94.9 cm³/mol. The highest BCUT2D eigenvalue weighted by Crippen LogP contribution is 2.23. The Morgan fingerprint density at radius 1 is 1.04 bits per heavy atom. The Kier molecular flexibility index (Phi) is 5.57. The Morgan fingerprint density at radius 2 is 1.60 bits per heavy atom. The number of nitrogens with one attached hydrogen (secondary N) is 2.